The number of anilines is 2. The normalized spacial score (nSPS) is 11.0. The van der Waals surface area contributed by atoms with Gasteiger partial charge in [0.15, 0.2) is 5.78 Å². The molecule has 0 aromatic heterocycles. The summed E-state index contributed by atoms with van der Waals surface area (Å²) in [5, 5.41) is 3.10. The molecule has 154 valence electrons. The van der Waals surface area contributed by atoms with E-state index in [1.54, 1.807) is 67.6 Å². The molecule has 0 aliphatic rings. The van der Waals surface area contributed by atoms with Gasteiger partial charge in [-0.1, -0.05) is 48.0 Å². The minimum Gasteiger partial charge on any atom is -0.321 e. The maximum atomic E-state index is 12.9. The third-order valence-electron chi connectivity index (χ3n) is 4.38. The van der Waals surface area contributed by atoms with Crippen molar-refractivity contribution in [1.29, 1.82) is 0 Å². The van der Waals surface area contributed by atoms with Gasteiger partial charge >= 0.3 is 0 Å². The Bertz CT molecular complexity index is 1230. The molecule has 2 N–H and O–H groups in total. The molecule has 1 amide bonds. The third-order valence-corrected chi connectivity index (χ3v) is 5.21. The number of hydrogen-bond acceptors (Lipinski definition) is 4. The fourth-order valence-electron chi connectivity index (χ4n) is 2.94. The zero-order valence-electron chi connectivity index (χ0n) is 16.3. The van der Waals surface area contributed by atoms with Crippen LogP contribution in [0.25, 0.3) is 0 Å². The van der Waals surface area contributed by atoms with Crippen LogP contribution in [0.5, 0.6) is 0 Å². The van der Waals surface area contributed by atoms with Crippen molar-refractivity contribution in [3.63, 3.8) is 0 Å². The smallest absolute Gasteiger partial charge is 0.256 e. The summed E-state index contributed by atoms with van der Waals surface area (Å²) < 4.78 is 25.5. The zero-order valence-corrected chi connectivity index (χ0v) is 17.8. The summed E-state index contributed by atoms with van der Waals surface area (Å²) in [5.74, 6) is -0.758. The van der Waals surface area contributed by atoms with Crippen LogP contribution in [-0.2, 0) is 10.0 Å². The van der Waals surface area contributed by atoms with E-state index in [9.17, 15) is 18.0 Å². The van der Waals surface area contributed by atoms with Gasteiger partial charge in [0.1, 0.15) is 0 Å². The number of amides is 1. The first-order valence-electron chi connectivity index (χ1n) is 8.94. The van der Waals surface area contributed by atoms with E-state index in [1.807, 2.05) is 0 Å². The fraction of sp³-hybridized carbons (Fsp3) is 0.0909. The van der Waals surface area contributed by atoms with E-state index in [-0.39, 0.29) is 16.9 Å². The van der Waals surface area contributed by atoms with Crippen LogP contribution in [0.2, 0.25) is 5.02 Å². The maximum absolute atomic E-state index is 12.9. The van der Waals surface area contributed by atoms with E-state index in [0.717, 1.165) is 6.26 Å². The van der Waals surface area contributed by atoms with Gasteiger partial charge < -0.3 is 5.32 Å². The molecule has 0 radical (unpaired) electrons. The summed E-state index contributed by atoms with van der Waals surface area (Å²) in [4.78, 5) is 25.8. The second kappa shape index (κ2) is 8.69. The molecular formula is C22H19ClN2O4S. The fourth-order valence-corrected chi connectivity index (χ4v) is 3.73. The van der Waals surface area contributed by atoms with Crippen LogP contribution in [0, 0.1) is 6.92 Å². The molecule has 0 saturated heterocycles. The number of halogens is 1. The molecule has 0 aliphatic heterocycles. The number of sulfonamides is 1. The van der Waals surface area contributed by atoms with Gasteiger partial charge in [-0.05, 0) is 42.8 Å². The molecule has 6 nitrogen and oxygen atoms in total. The van der Waals surface area contributed by atoms with Gasteiger partial charge in [-0.15, -0.1) is 0 Å². The Balaban J connectivity index is 1.95. The van der Waals surface area contributed by atoms with Crippen molar-refractivity contribution in [3.8, 4) is 0 Å². The summed E-state index contributed by atoms with van der Waals surface area (Å²) in [7, 11) is -3.50. The predicted molar refractivity (Wildman–Crippen MR) is 119 cm³/mol. The minimum atomic E-state index is -3.50. The Kier molecular flexibility index (Phi) is 6.24. The molecule has 0 heterocycles. The SMILES string of the molecule is Cc1c(NS(C)(=O)=O)cccc1C(=O)Nc1ccc(Cl)cc1C(=O)c1ccccc1. The first-order chi connectivity index (χ1) is 14.2. The van der Waals surface area contributed by atoms with Crippen molar-refractivity contribution in [3.05, 3.63) is 94.0 Å². The molecule has 30 heavy (non-hydrogen) atoms. The largest absolute Gasteiger partial charge is 0.321 e. The number of hydrogen-bond donors (Lipinski definition) is 2. The molecule has 3 rings (SSSR count). The second-order valence-corrected chi connectivity index (χ2v) is 8.88. The summed E-state index contributed by atoms with van der Waals surface area (Å²) in [5.41, 5.74) is 2.07. The van der Waals surface area contributed by atoms with Crippen molar-refractivity contribution in [2.24, 2.45) is 0 Å². The third kappa shape index (κ3) is 5.06. The number of ketones is 1. The lowest BCUT2D eigenvalue weighted by molar-refractivity contribution is 0.102. The van der Waals surface area contributed by atoms with Crippen LogP contribution in [0.15, 0.2) is 66.7 Å². The highest BCUT2D eigenvalue weighted by Crippen LogP contribution is 2.26. The molecule has 8 heteroatoms. The topological polar surface area (TPSA) is 92.3 Å². The van der Waals surface area contributed by atoms with Crippen molar-refractivity contribution in [1.82, 2.24) is 0 Å². The highest BCUT2D eigenvalue weighted by molar-refractivity contribution is 7.92. The summed E-state index contributed by atoms with van der Waals surface area (Å²) >= 11 is 6.08. The second-order valence-electron chi connectivity index (χ2n) is 6.69. The van der Waals surface area contributed by atoms with Crippen LogP contribution < -0.4 is 10.0 Å². The number of benzene rings is 3. The van der Waals surface area contributed by atoms with Gasteiger partial charge in [-0.2, -0.15) is 0 Å². The summed E-state index contributed by atoms with van der Waals surface area (Å²) in [6.45, 7) is 1.64. The van der Waals surface area contributed by atoms with Crippen molar-refractivity contribution >= 4 is 44.7 Å². The predicted octanol–water partition coefficient (Wildman–Crippen LogP) is 4.50. The highest BCUT2D eigenvalue weighted by atomic mass is 35.5. The molecule has 3 aromatic rings. The molecular weight excluding hydrogens is 424 g/mol. The Labute approximate surface area is 179 Å². The number of carbonyl (C=O) groups excluding carboxylic acids is 2. The zero-order chi connectivity index (χ0) is 21.9. The average Bonchev–Trinajstić information content (AvgIpc) is 2.70. The first-order valence-corrected chi connectivity index (χ1v) is 11.2. The first kappa shape index (κ1) is 21.5. The van der Waals surface area contributed by atoms with E-state index in [4.69, 9.17) is 11.6 Å². The van der Waals surface area contributed by atoms with Crippen molar-refractivity contribution in [2.45, 2.75) is 6.92 Å². The van der Waals surface area contributed by atoms with E-state index in [2.05, 4.69) is 10.0 Å². The lowest BCUT2D eigenvalue weighted by Crippen LogP contribution is -2.18. The minimum absolute atomic E-state index is 0.255. The van der Waals surface area contributed by atoms with Gasteiger partial charge in [0.05, 0.1) is 17.6 Å². The van der Waals surface area contributed by atoms with Gasteiger partial charge in [0, 0.05) is 21.7 Å². The van der Waals surface area contributed by atoms with E-state index in [0.29, 0.717) is 27.5 Å². The van der Waals surface area contributed by atoms with Gasteiger partial charge in [-0.3, -0.25) is 14.3 Å². The quantitative estimate of drug-likeness (QED) is 0.549. The molecule has 0 atom stereocenters. The Hall–Kier alpha value is -3.16. The van der Waals surface area contributed by atoms with E-state index >= 15 is 0 Å². The number of carbonyl (C=O) groups is 2. The lowest BCUT2D eigenvalue weighted by Gasteiger charge is -2.14. The maximum Gasteiger partial charge on any atom is 0.256 e. The van der Waals surface area contributed by atoms with Gasteiger partial charge in [0.25, 0.3) is 5.91 Å². The molecule has 0 bridgehead atoms. The molecule has 0 fully saturated rings. The van der Waals surface area contributed by atoms with Crippen LogP contribution in [0.4, 0.5) is 11.4 Å². The van der Waals surface area contributed by atoms with Crippen LogP contribution >= 0.6 is 11.6 Å². The average molecular weight is 443 g/mol. The molecule has 3 aromatic carbocycles. The lowest BCUT2D eigenvalue weighted by atomic mass is 10.0. The van der Waals surface area contributed by atoms with E-state index in [1.165, 1.54) is 6.07 Å². The summed E-state index contributed by atoms with van der Waals surface area (Å²) in [6, 6.07) is 18.0. The number of rotatable bonds is 6. The molecule has 0 spiro atoms. The van der Waals surface area contributed by atoms with Crippen LogP contribution in [0.3, 0.4) is 0 Å². The number of nitrogens with one attached hydrogen (secondary N) is 2. The molecule has 0 unspecified atom stereocenters. The Morgan fingerprint density at radius 2 is 1.57 bits per heavy atom. The van der Waals surface area contributed by atoms with Crippen LogP contribution in [0.1, 0.15) is 31.8 Å². The van der Waals surface area contributed by atoms with Gasteiger partial charge in [-0.25, -0.2) is 8.42 Å². The van der Waals surface area contributed by atoms with E-state index < -0.39 is 15.9 Å². The highest BCUT2D eigenvalue weighted by Gasteiger charge is 2.19. The molecule has 0 aliphatic carbocycles. The standard InChI is InChI=1S/C22H19ClN2O4S/c1-14-17(9-6-10-19(14)25-30(2,28)29)22(27)24-20-12-11-16(23)13-18(20)21(26)15-7-4-3-5-8-15/h3-13,25H,1-2H3,(H,24,27). The Morgan fingerprint density at radius 1 is 0.867 bits per heavy atom. The van der Waals surface area contributed by atoms with Gasteiger partial charge in [0.2, 0.25) is 10.0 Å². The monoisotopic (exact) mass is 442 g/mol. The van der Waals surface area contributed by atoms with Crippen molar-refractivity contribution < 1.29 is 18.0 Å². The molecule has 0 saturated carbocycles. The van der Waals surface area contributed by atoms with Crippen LogP contribution in [-0.4, -0.2) is 26.4 Å². The Morgan fingerprint density at radius 3 is 2.23 bits per heavy atom. The summed E-state index contributed by atoms with van der Waals surface area (Å²) in [6.07, 6.45) is 1.04. The van der Waals surface area contributed by atoms with Crippen molar-refractivity contribution in [2.75, 3.05) is 16.3 Å².